The summed E-state index contributed by atoms with van der Waals surface area (Å²) in [4.78, 5) is 37.5. The second-order valence-electron chi connectivity index (χ2n) is 6.48. The van der Waals surface area contributed by atoms with Crippen molar-refractivity contribution >= 4 is 17.8 Å². The van der Waals surface area contributed by atoms with Crippen LogP contribution in [0.4, 0.5) is 0 Å². The summed E-state index contributed by atoms with van der Waals surface area (Å²) in [5, 5.41) is 9.27. The highest BCUT2D eigenvalue weighted by Crippen LogP contribution is 2.30. The molecule has 124 valence electrons. The maximum absolute atomic E-state index is 12.5. The number of carboxylic acids is 1. The Balaban J connectivity index is 2.23. The van der Waals surface area contributed by atoms with Gasteiger partial charge in [0, 0.05) is 0 Å². The van der Waals surface area contributed by atoms with E-state index in [2.05, 4.69) is 0 Å². The van der Waals surface area contributed by atoms with Crippen molar-refractivity contribution in [3.8, 4) is 0 Å². The standard InChI is InChI=1S/C17H21NO5/c1-5-17(4,15(21)22)23-10-16(2,3)18-13(19)11-8-6-7-9-12(11)14(18)20/h6-9H,5,10H2,1-4H3,(H,21,22). The normalized spacial score (nSPS) is 17.1. The third-order valence-electron chi connectivity index (χ3n) is 4.27. The van der Waals surface area contributed by atoms with Crippen LogP contribution in [0.3, 0.4) is 0 Å². The number of benzene rings is 1. The first-order valence-corrected chi connectivity index (χ1v) is 7.49. The van der Waals surface area contributed by atoms with Gasteiger partial charge >= 0.3 is 5.97 Å². The van der Waals surface area contributed by atoms with Crippen LogP contribution in [-0.2, 0) is 9.53 Å². The predicted molar refractivity (Wildman–Crippen MR) is 83.3 cm³/mol. The molecule has 0 spiro atoms. The Hall–Kier alpha value is -2.21. The van der Waals surface area contributed by atoms with E-state index >= 15 is 0 Å². The van der Waals surface area contributed by atoms with Gasteiger partial charge in [0.05, 0.1) is 23.3 Å². The average molecular weight is 319 g/mol. The molecule has 0 radical (unpaired) electrons. The quantitative estimate of drug-likeness (QED) is 0.814. The van der Waals surface area contributed by atoms with Gasteiger partial charge in [-0.3, -0.25) is 14.5 Å². The molecular formula is C17H21NO5. The van der Waals surface area contributed by atoms with E-state index in [1.165, 1.54) is 6.92 Å². The molecule has 1 unspecified atom stereocenters. The first-order chi connectivity index (χ1) is 10.6. The molecule has 0 bridgehead atoms. The second-order valence-corrected chi connectivity index (χ2v) is 6.48. The van der Waals surface area contributed by atoms with E-state index in [1.807, 2.05) is 0 Å². The van der Waals surface area contributed by atoms with Gasteiger partial charge in [0.15, 0.2) is 5.60 Å². The number of fused-ring (bicyclic) bond motifs is 1. The lowest BCUT2D eigenvalue weighted by Gasteiger charge is -2.36. The third kappa shape index (κ3) is 2.86. The summed E-state index contributed by atoms with van der Waals surface area (Å²) in [5.74, 6) is -1.83. The van der Waals surface area contributed by atoms with Gasteiger partial charge in [-0.1, -0.05) is 19.1 Å². The van der Waals surface area contributed by atoms with Gasteiger partial charge in [0.1, 0.15) is 0 Å². The molecule has 0 saturated carbocycles. The number of aliphatic carboxylic acids is 1. The number of amides is 2. The summed E-state index contributed by atoms with van der Waals surface area (Å²) in [7, 11) is 0. The number of carboxylic acid groups (broad SMARTS) is 1. The molecule has 1 atom stereocenters. The summed E-state index contributed by atoms with van der Waals surface area (Å²) in [6, 6.07) is 6.63. The van der Waals surface area contributed by atoms with E-state index in [0.717, 1.165) is 4.90 Å². The third-order valence-corrected chi connectivity index (χ3v) is 4.27. The Morgan fingerprint density at radius 1 is 1.13 bits per heavy atom. The van der Waals surface area contributed by atoms with Crippen LogP contribution in [0.15, 0.2) is 24.3 Å². The fourth-order valence-electron chi connectivity index (χ4n) is 2.45. The maximum Gasteiger partial charge on any atom is 0.335 e. The van der Waals surface area contributed by atoms with Gasteiger partial charge in [-0.05, 0) is 39.3 Å². The van der Waals surface area contributed by atoms with Gasteiger partial charge in [0.2, 0.25) is 0 Å². The highest BCUT2D eigenvalue weighted by Gasteiger charge is 2.45. The van der Waals surface area contributed by atoms with Crippen LogP contribution in [-0.4, -0.2) is 45.5 Å². The Morgan fingerprint density at radius 2 is 1.61 bits per heavy atom. The Bertz CT molecular complexity index is 632. The topological polar surface area (TPSA) is 83.9 Å². The van der Waals surface area contributed by atoms with Gasteiger partial charge in [-0.2, -0.15) is 0 Å². The van der Waals surface area contributed by atoms with E-state index in [4.69, 9.17) is 4.74 Å². The number of hydrogen-bond donors (Lipinski definition) is 1. The van der Waals surface area contributed by atoms with Crippen LogP contribution in [0.2, 0.25) is 0 Å². The van der Waals surface area contributed by atoms with E-state index in [9.17, 15) is 19.5 Å². The first-order valence-electron chi connectivity index (χ1n) is 7.49. The monoisotopic (exact) mass is 319 g/mol. The molecule has 1 aliphatic heterocycles. The molecule has 1 heterocycles. The fourth-order valence-corrected chi connectivity index (χ4v) is 2.45. The lowest BCUT2D eigenvalue weighted by molar-refractivity contribution is -0.167. The number of hydrogen-bond acceptors (Lipinski definition) is 4. The minimum atomic E-state index is -1.35. The van der Waals surface area contributed by atoms with Crippen LogP contribution in [0, 0.1) is 0 Å². The highest BCUT2D eigenvalue weighted by atomic mass is 16.5. The first kappa shape index (κ1) is 17.1. The number of rotatable bonds is 6. The molecule has 1 aromatic rings. The second kappa shape index (κ2) is 5.77. The molecule has 1 N–H and O–H groups in total. The molecular weight excluding hydrogens is 298 g/mol. The van der Waals surface area contributed by atoms with Crippen molar-refractivity contribution in [3.63, 3.8) is 0 Å². The lowest BCUT2D eigenvalue weighted by atomic mass is 10.0. The Kier molecular flexibility index (Phi) is 4.30. The molecule has 2 amide bonds. The molecule has 6 nitrogen and oxygen atoms in total. The molecule has 0 fully saturated rings. The number of nitrogens with zero attached hydrogens (tertiary/aromatic N) is 1. The van der Waals surface area contributed by atoms with E-state index in [0.29, 0.717) is 11.1 Å². The summed E-state index contributed by atoms with van der Waals surface area (Å²) >= 11 is 0. The molecule has 0 aromatic heterocycles. The fraction of sp³-hybridized carbons (Fsp3) is 0.471. The number of carbonyl (C=O) groups is 3. The van der Waals surface area contributed by atoms with Crippen molar-refractivity contribution in [1.82, 2.24) is 4.90 Å². The van der Waals surface area contributed by atoms with Crippen molar-refractivity contribution in [2.45, 2.75) is 45.3 Å². The van der Waals surface area contributed by atoms with Crippen molar-refractivity contribution in [2.24, 2.45) is 0 Å². The zero-order chi connectivity index (χ0) is 17.4. The summed E-state index contributed by atoms with van der Waals surface area (Å²) in [5.41, 5.74) is -1.58. The molecule has 0 saturated heterocycles. The van der Waals surface area contributed by atoms with Gasteiger partial charge < -0.3 is 9.84 Å². The van der Waals surface area contributed by atoms with Crippen molar-refractivity contribution in [1.29, 1.82) is 0 Å². The van der Waals surface area contributed by atoms with Crippen molar-refractivity contribution < 1.29 is 24.2 Å². The van der Waals surface area contributed by atoms with Gasteiger partial charge in [-0.15, -0.1) is 0 Å². The zero-order valence-corrected chi connectivity index (χ0v) is 13.8. The summed E-state index contributed by atoms with van der Waals surface area (Å²) in [6.45, 7) is 6.51. The highest BCUT2D eigenvalue weighted by molar-refractivity contribution is 6.21. The SMILES string of the molecule is CCC(C)(OCC(C)(C)N1C(=O)c2ccccc2C1=O)C(=O)O. The average Bonchev–Trinajstić information content (AvgIpc) is 2.77. The molecule has 1 aliphatic rings. The van der Waals surface area contributed by atoms with Crippen LogP contribution < -0.4 is 0 Å². The Labute approximate surface area is 135 Å². The van der Waals surface area contributed by atoms with E-state index < -0.39 is 17.1 Å². The largest absolute Gasteiger partial charge is 0.479 e. The minimum absolute atomic E-state index is 0.0604. The minimum Gasteiger partial charge on any atom is -0.479 e. The predicted octanol–water partition coefficient (Wildman–Crippen LogP) is 2.33. The van der Waals surface area contributed by atoms with Gasteiger partial charge in [-0.25, -0.2) is 4.79 Å². The van der Waals surface area contributed by atoms with Crippen molar-refractivity contribution in [3.05, 3.63) is 35.4 Å². The maximum atomic E-state index is 12.5. The number of ether oxygens (including phenoxy) is 1. The van der Waals surface area contributed by atoms with Gasteiger partial charge in [0.25, 0.3) is 11.8 Å². The lowest BCUT2D eigenvalue weighted by Crippen LogP contribution is -2.53. The molecule has 2 rings (SSSR count). The zero-order valence-electron chi connectivity index (χ0n) is 13.8. The van der Waals surface area contributed by atoms with Crippen LogP contribution in [0.5, 0.6) is 0 Å². The number of imide groups is 1. The Morgan fingerprint density at radius 3 is 2.00 bits per heavy atom. The molecule has 0 aliphatic carbocycles. The smallest absolute Gasteiger partial charge is 0.335 e. The van der Waals surface area contributed by atoms with E-state index in [1.54, 1.807) is 45.0 Å². The van der Waals surface area contributed by atoms with Crippen molar-refractivity contribution in [2.75, 3.05) is 6.61 Å². The van der Waals surface area contributed by atoms with E-state index in [-0.39, 0.29) is 24.8 Å². The number of carbonyl (C=O) groups excluding carboxylic acids is 2. The summed E-state index contributed by atoms with van der Waals surface area (Å²) in [6.07, 6.45) is 0.278. The van der Waals surface area contributed by atoms with Crippen LogP contribution in [0.25, 0.3) is 0 Å². The molecule has 1 aromatic carbocycles. The summed E-state index contributed by atoms with van der Waals surface area (Å²) < 4.78 is 5.57. The molecule has 23 heavy (non-hydrogen) atoms. The molecule has 6 heteroatoms. The van der Waals surface area contributed by atoms with Crippen LogP contribution in [0.1, 0.15) is 54.8 Å². The van der Waals surface area contributed by atoms with Crippen LogP contribution >= 0.6 is 0 Å².